The van der Waals surface area contributed by atoms with Crippen LogP contribution in [0.15, 0.2) is 36.4 Å². The van der Waals surface area contributed by atoms with Gasteiger partial charge in [0.05, 0.1) is 12.8 Å². The number of benzene rings is 2. The molecule has 3 unspecified atom stereocenters. The van der Waals surface area contributed by atoms with Crippen molar-refractivity contribution in [1.82, 2.24) is 9.88 Å². The van der Waals surface area contributed by atoms with Gasteiger partial charge in [0.2, 0.25) is 0 Å². The highest BCUT2D eigenvalue weighted by atomic mass is 16.5. The lowest BCUT2D eigenvalue weighted by Gasteiger charge is -2.59. The summed E-state index contributed by atoms with van der Waals surface area (Å²) in [4.78, 5) is 6.39. The predicted octanol–water partition coefficient (Wildman–Crippen LogP) is 4.54. The first kappa shape index (κ1) is 16.3. The fourth-order valence-electron chi connectivity index (χ4n) is 7.49. The van der Waals surface area contributed by atoms with Gasteiger partial charge in [-0.25, -0.2) is 0 Å². The van der Waals surface area contributed by atoms with Gasteiger partial charge in [-0.1, -0.05) is 31.2 Å². The van der Waals surface area contributed by atoms with Crippen LogP contribution in [0.3, 0.4) is 0 Å². The van der Waals surface area contributed by atoms with Crippen LogP contribution in [0.25, 0.3) is 10.9 Å². The molecule has 7 rings (SSSR count). The van der Waals surface area contributed by atoms with Crippen molar-refractivity contribution in [2.45, 2.75) is 43.2 Å². The molecule has 3 heterocycles. The minimum absolute atomic E-state index is 0.0436. The molecule has 4 nitrogen and oxygen atoms in total. The monoisotopic (exact) mass is 386 g/mol. The quantitative estimate of drug-likeness (QED) is 0.667. The molecule has 4 aliphatic rings. The van der Waals surface area contributed by atoms with Gasteiger partial charge in [0.25, 0.3) is 0 Å². The molecular formula is C25H26N2O2. The average Bonchev–Trinajstić information content (AvgIpc) is 3.28. The average molecular weight is 386 g/mol. The Labute approximate surface area is 170 Å². The van der Waals surface area contributed by atoms with E-state index in [9.17, 15) is 0 Å². The number of rotatable bonds is 1. The Bertz CT molecular complexity index is 1180. The first-order chi connectivity index (χ1) is 14.1. The maximum absolute atomic E-state index is 6.87. The van der Waals surface area contributed by atoms with E-state index < -0.39 is 0 Å². The standard InChI is InChI=1S/C25H26N2O2/c1-13-19-15-6-4-5-7-16(15)26-22(19)24-25-10-11-27(2)17(20(13)25)12-14-8-9-18(28-3)23(29-24)21(14)25/h4-9,13,17,20,24,26H,10-12H2,1-3H3/t13-,17?,20?,24-,25?/m0/s1. The molecule has 29 heavy (non-hydrogen) atoms. The maximum Gasteiger partial charge on any atom is 0.166 e. The van der Waals surface area contributed by atoms with Crippen molar-refractivity contribution in [3.05, 3.63) is 58.8 Å². The van der Waals surface area contributed by atoms with E-state index in [0.717, 1.165) is 30.9 Å². The molecule has 1 saturated heterocycles. The van der Waals surface area contributed by atoms with Gasteiger partial charge in [-0.05, 0) is 61.5 Å². The van der Waals surface area contributed by atoms with Gasteiger partial charge in [-0.3, -0.25) is 0 Å². The number of ether oxygens (including phenoxy) is 2. The second-order valence-corrected chi connectivity index (χ2v) is 9.48. The number of likely N-dealkylation sites (tertiary alicyclic amines) is 1. The van der Waals surface area contributed by atoms with E-state index in [-0.39, 0.29) is 11.5 Å². The number of aromatic amines is 1. The van der Waals surface area contributed by atoms with Crippen molar-refractivity contribution in [3.63, 3.8) is 0 Å². The van der Waals surface area contributed by atoms with Crippen LogP contribution >= 0.6 is 0 Å². The zero-order valence-electron chi connectivity index (χ0n) is 17.2. The molecule has 2 aliphatic carbocycles. The van der Waals surface area contributed by atoms with E-state index in [4.69, 9.17) is 9.47 Å². The van der Waals surface area contributed by atoms with Crippen molar-refractivity contribution in [2.24, 2.45) is 5.92 Å². The Morgan fingerprint density at radius 1 is 1.21 bits per heavy atom. The number of likely N-dealkylation sites (N-methyl/N-ethyl adjacent to an activating group) is 1. The first-order valence-corrected chi connectivity index (χ1v) is 10.8. The summed E-state index contributed by atoms with van der Waals surface area (Å²) in [5.74, 6) is 2.92. The van der Waals surface area contributed by atoms with Crippen LogP contribution in [0.2, 0.25) is 0 Å². The molecule has 1 spiro atoms. The van der Waals surface area contributed by atoms with Crippen LogP contribution in [0.1, 0.15) is 47.8 Å². The fraction of sp³-hybridized carbons (Fsp3) is 0.440. The van der Waals surface area contributed by atoms with Gasteiger partial charge in [0, 0.05) is 27.9 Å². The van der Waals surface area contributed by atoms with Crippen molar-refractivity contribution in [3.8, 4) is 11.5 Å². The molecule has 1 aromatic heterocycles. The van der Waals surface area contributed by atoms with E-state index in [1.165, 1.54) is 33.3 Å². The van der Waals surface area contributed by atoms with E-state index in [0.29, 0.717) is 17.9 Å². The van der Waals surface area contributed by atoms with Crippen LogP contribution in [-0.4, -0.2) is 36.6 Å². The SMILES string of the molecule is COc1ccc2c3c1O[C@H]1c4[nH]c5ccccc5c4[C@H](C)C4C(C2)N(C)CCC341. The van der Waals surface area contributed by atoms with Gasteiger partial charge in [-0.2, -0.15) is 0 Å². The third kappa shape index (κ3) is 1.69. The summed E-state index contributed by atoms with van der Waals surface area (Å²) in [5.41, 5.74) is 6.96. The summed E-state index contributed by atoms with van der Waals surface area (Å²) in [6, 6.07) is 13.7. The molecule has 3 aromatic rings. The Hall–Kier alpha value is -2.46. The van der Waals surface area contributed by atoms with Crippen LogP contribution < -0.4 is 9.47 Å². The maximum atomic E-state index is 6.87. The van der Waals surface area contributed by atoms with Crippen LogP contribution in [0, 0.1) is 5.92 Å². The van der Waals surface area contributed by atoms with Crippen molar-refractivity contribution >= 4 is 10.9 Å². The Morgan fingerprint density at radius 2 is 2.07 bits per heavy atom. The lowest BCUT2D eigenvalue weighted by Crippen LogP contribution is -2.62. The van der Waals surface area contributed by atoms with E-state index >= 15 is 0 Å². The number of aromatic nitrogens is 1. The second kappa shape index (κ2) is 5.17. The lowest BCUT2D eigenvalue weighted by molar-refractivity contribution is -0.0369. The van der Waals surface area contributed by atoms with E-state index in [1.807, 2.05) is 0 Å². The van der Waals surface area contributed by atoms with E-state index in [1.54, 1.807) is 7.11 Å². The number of hydrogen-bond donors (Lipinski definition) is 1. The molecule has 0 saturated carbocycles. The number of piperidine rings is 1. The fourth-order valence-corrected chi connectivity index (χ4v) is 7.49. The lowest BCUT2D eigenvalue weighted by atomic mass is 9.49. The van der Waals surface area contributed by atoms with Crippen LogP contribution in [-0.2, 0) is 11.8 Å². The van der Waals surface area contributed by atoms with Gasteiger partial charge in [0.1, 0.15) is 6.10 Å². The van der Waals surface area contributed by atoms with Crippen molar-refractivity contribution in [1.29, 1.82) is 0 Å². The number of fused-ring (bicyclic) bond motifs is 4. The van der Waals surface area contributed by atoms with Gasteiger partial charge in [0.15, 0.2) is 11.5 Å². The Balaban J connectivity index is 1.59. The van der Waals surface area contributed by atoms with Crippen molar-refractivity contribution < 1.29 is 9.47 Å². The van der Waals surface area contributed by atoms with Crippen LogP contribution in [0.4, 0.5) is 0 Å². The molecule has 2 bridgehead atoms. The molecule has 2 aliphatic heterocycles. The highest BCUT2D eigenvalue weighted by molar-refractivity contribution is 5.86. The second-order valence-electron chi connectivity index (χ2n) is 9.48. The van der Waals surface area contributed by atoms with Gasteiger partial charge >= 0.3 is 0 Å². The topological polar surface area (TPSA) is 37.5 Å². The molecule has 148 valence electrons. The number of methoxy groups -OCH3 is 1. The highest BCUT2D eigenvalue weighted by Gasteiger charge is 2.66. The molecule has 0 amide bonds. The molecule has 0 radical (unpaired) electrons. The summed E-state index contributed by atoms with van der Waals surface area (Å²) < 4.78 is 12.6. The summed E-state index contributed by atoms with van der Waals surface area (Å²) in [7, 11) is 4.07. The van der Waals surface area contributed by atoms with Crippen molar-refractivity contribution in [2.75, 3.05) is 20.7 Å². The van der Waals surface area contributed by atoms with Crippen LogP contribution in [0.5, 0.6) is 11.5 Å². The normalized spacial score (nSPS) is 33.9. The third-order valence-corrected chi connectivity index (χ3v) is 8.51. The first-order valence-electron chi connectivity index (χ1n) is 10.8. The Kier molecular flexibility index (Phi) is 2.92. The zero-order valence-corrected chi connectivity index (χ0v) is 17.2. The molecule has 1 N–H and O–H groups in total. The van der Waals surface area contributed by atoms with Gasteiger partial charge in [-0.15, -0.1) is 0 Å². The molecule has 5 atom stereocenters. The van der Waals surface area contributed by atoms with E-state index in [2.05, 4.69) is 60.3 Å². The van der Waals surface area contributed by atoms with Gasteiger partial charge < -0.3 is 19.4 Å². The molecular weight excluding hydrogens is 360 g/mol. The molecule has 2 aromatic carbocycles. The Morgan fingerprint density at radius 3 is 2.93 bits per heavy atom. The number of H-pyrrole nitrogens is 1. The number of hydrogen-bond acceptors (Lipinski definition) is 3. The molecule has 1 fully saturated rings. The zero-order chi connectivity index (χ0) is 19.5. The minimum Gasteiger partial charge on any atom is -0.493 e. The largest absolute Gasteiger partial charge is 0.493 e. The molecule has 4 heteroatoms. The summed E-state index contributed by atoms with van der Waals surface area (Å²) in [6.45, 7) is 3.58. The predicted molar refractivity (Wildman–Crippen MR) is 113 cm³/mol. The number of nitrogens with zero attached hydrogens (tertiary/aromatic N) is 1. The number of para-hydroxylation sites is 1. The summed E-state index contributed by atoms with van der Waals surface area (Å²) in [6.07, 6.45) is 2.29. The third-order valence-electron chi connectivity index (χ3n) is 8.51. The summed E-state index contributed by atoms with van der Waals surface area (Å²) in [5, 5.41) is 1.36. The number of nitrogens with one attached hydrogen (secondary N) is 1. The highest BCUT2D eigenvalue weighted by Crippen LogP contribution is 2.69. The summed E-state index contributed by atoms with van der Waals surface area (Å²) >= 11 is 0. The minimum atomic E-state index is 0.0436. The smallest absolute Gasteiger partial charge is 0.166 e.